The number of aliphatic carboxylic acids is 1. The molecule has 0 spiro atoms. The fraction of sp³-hybridized carbons (Fsp3) is 0.450. The van der Waals surface area contributed by atoms with E-state index < -0.39 is 5.97 Å². The number of carboxylic acid groups (broad SMARTS) is 1. The SMILES string of the molecule is CC(C=O)CCC(N)CCC1C=CC2C3CCC(C(Nc4ccc[nH]4)C(=CC(=O)O)CN=C(N)N)C2C1c1cc2cc(CC=O)ccc2cc13. The number of nitrogens with zero attached hydrogens (tertiary/aromatic N) is 1. The van der Waals surface area contributed by atoms with Gasteiger partial charge < -0.3 is 42.2 Å². The zero-order chi connectivity index (χ0) is 35.4. The van der Waals surface area contributed by atoms with E-state index in [1.165, 1.54) is 22.6 Å². The van der Waals surface area contributed by atoms with E-state index in [9.17, 15) is 19.5 Å². The van der Waals surface area contributed by atoms with Crippen molar-refractivity contribution in [1.82, 2.24) is 4.98 Å². The number of aliphatic imine (C=N–C) groups is 1. The summed E-state index contributed by atoms with van der Waals surface area (Å²) in [6, 6.07) is 14.6. The van der Waals surface area contributed by atoms with E-state index in [2.05, 4.69) is 51.7 Å². The molecular formula is C40H50N6O4. The predicted molar refractivity (Wildman–Crippen MR) is 198 cm³/mol. The van der Waals surface area contributed by atoms with Crippen LogP contribution in [0, 0.1) is 29.6 Å². The molecule has 3 aliphatic carbocycles. The van der Waals surface area contributed by atoms with E-state index in [-0.39, 0.29) is 60.1 Å². The number of anilines is 1. The summed E-state index contributed by atoms with van der Waals surface area (Å²) < 4.78 is 0. The van der Waals surface area contributed by atoms with Crippen molar-refractivity contribution in [2.24, 2.45) is 51.8 Å². The van der Waals surface area contributed by atoms with E-state index in [0.29, 0.717) is 17.9 Å². The Labute approximate surface area is 293 Å². The number of fused-ring (bicyclic) bond motifs is 4. The number of H-pyrrole nitrogens is 1. The summed E-state index contributed by atoms with van der Waals surface area (Å²) >= 11 is 0. The summed E-state index contributed by atoms with van der Waals surface area (Å²) in [5, 5.41) is 16.0. The summed E-state index contributed by atoms with van der Waals surface area (Å²) in [5.74, 6) is 0.952. The molecule has 0 aliphatic heterocycles. The minimum absolute atomic E-state index is 0.00373. The van der Waals surface area contributed by atoms with Gasteiger partial charge in [-0.1, -0.05) is 49.4 Å². The van der Waals surface area contributed by atoms with Crippen LogP contribution in [0.3, 0.4) is 0 Å². The standard InChI is InChI=1S/C40H50N6O4/c1-23(22-48)4-9-29(41)10-7-25-8-11-31-30-12-13-32(39(46-35-3-2-15-44-35)28(20-36(49)50)21-45-40(42)43)38(31)37(25)34-19-27-17-24(14-16-47)5-6-26(27)18-33(30)34/h2-3,5-6,8,11,15-20,22-23,25,29-32,37-39,44,46H,4,7,9-10,12-14,21,41H2,1H3,(H,49,50)(H4,42,43,45). The number of guanidine groups is 1. The molecule has 9 unspecified atom stereocenters. The van der Waals surface area contributed by atoms with Crippen molar-refractivity contribution in [1.29, 1.82) is 0 Å². The summed E-state index contributed by atoms with van der Waals surface area (Å²) in [7, 11) is 0. The average Bonchev–Trinajstić information content (AvgIpc) is 3.62. The van der Waals surface area contributed by atoms with Crippen LogP contribution in [0.25, 0.3) is 10.8 Å². The molecule has 264 valence electrons. The highest BCUT2D eigenvalue weighted by Gasteiger charge is 2.53. The van der Waals surface area contributed by atoms with Crippen molar-refractivity contribution >= 4 is 41.1 Å². The molecule has 3 aliphatic rings. The number of benzene rings is 2. The molecule has 2 aromatic carbocycles. The molecule has 1 saturated carbocycles. The molecule has 4 bridgehead atoms. The first-order valence-corrected chi connectivity index (χ1v) is 17.9. The number of aromatic amines is 1. The van der Waals surface area contributed by atoms with Crippen molar-refractivity contribution in [2.45, 2.75) is 75.8 Å². The topological polar surface area (TPSA) is 190 Å². The number of aldehydes is 2. The molecule has 0 saturated heterocycles. The van der Waals surface area contributed by atoms with Gasteiger partial charge in [-0.3, -0.25) is 0 Å². The Balaban J connectivity index is 1.44. The maximum atomic E-state index is 12.2. The normalized spacial score (nSPS) is 25.6. The van der Waals surface area contributed by atoms with Crippen molar-refractivity contribution in [3.63, 3.8) is 0 Å². The Hall–Kier alpha value is -4.70. The van der Waals surface area contributed by atoms with Crippen LogP contribution in [-0.2, 0) is 20.8 Å². The van der Waals surface area contributed by atoms with Crippen LogP contribution in [0.15, 0.2) is 77.5 Å². The van der Waals surface area contributed by atoms with Gasteiger partial charge in [0.1, 0.15) is 18.4 Å². The van der Waals surface area contributed by atoms with E-state index in [1.807, 2.05) is 31.3 Å². The van der Waals surface area contributed by atoms with Gasteiger partial charge in [0, 0.05) is 30.7 Å². The molecule has 50 heavy (non-hydrogen) atoms. The van der Waals surface area contributed by atoms with Gasteiger partial charge in [0.25, 0.3) is 0 Å². The van der Waals surface area contributed by atoms with Gasteiger partial charge in [-0.2, -0.15) is 0 Å². The third kappa shape index (κ3) is 7.55. The Bertz CT molecular complexity index is 1780. The lowest BCUT2D eigenvalue weighted by Crippen LogP contribution is -2.50. The third-order valence-electron chi connectivity index (χ3n) is 11.4. The Morgan fingerprint density at radius 2 is 1.88 bits per heavy atom. The minimum atomic E-state index is -1.04. The van der Waals surface area contributed by atoms with Gasteiger partial charge in [-0.05, 0) is 119 Å². The molecule has 9 atom stereocenters. The van der Waals surface area contributed by atoms with Crippen LogP contribution < -0.4 is 22.5 Å². The molecule has 10 nitrogen and oxygen atoms in total. The van der Waals surface area contributed by atoms with Crippen LogP contribution in [0.1, 0.15) is 74.0 Å². The molecule has 0 amide bonds. The van der Waals surface area contributed by atoms with Crippen LogP contribution in [0.5, 0.6) is 0 Å². The number of allylic oxidation sites excluding steroid dienone is 2. The zero-order valence-electron chi connectivity index (χ0n) is 28.7. The maximum Gasteiger partial charge on any atom is 0.328 e. The molecular weight excluding hydrogens is 628 g/mol. The number of hydrogen-bond donors (Lipinski definition) is 6. The Morgan fingerprint density at radius 1 is 1.06 bits per heavy atom. The second kappa shape index (κ2) is 15.5. The van der Waals surface area contributed by atoms with Crippen molar-refractivity contribution in [3.05, 3.63) is 89.2 Å². The van der Waals surface area contributed by atoms with Gasteiger partial charge in [0.2, 0.25) is 0 Å². The number of nitrogens with two attached hydrogens (primary N) is 3. The first kappa shape index (κ1) is 35.1. The number of carboxylic acids is 1. The van der Waals surface area contributed by atoms with Crippen LogP contribution in [0.2, 0.25) is 0 Å². The van der Waals surface area contributed by atoms with E-state index in [1.54, 1.807) is 0 Å². The Kier molecular flexibility index (Phi) is 10.9. The quantitative estimate of drug-likeness (QED) is 0.0381. The van der Waals surface area contributed by atoms with Gasteiger partial charge >= 0.3 is 5.97 Å². The second-order valence-electron chi connectivity index (χ2n) is 14.6. The summed E-state index contributed by atoms with van der Waals surface area (Å²) in [6.45, 7) is 2.01. The van der Waals surface area contributed by atoms with Crippen molar-refractivity contribution < 1.29 is 19.5 Å². The predicted octanol–water partition coefficient (Wildman–Crippen LogP) is 5.41. The lowest BCUT2D eigenvalue weighted by molar-refractivity contribution is -0.131. The summed E-state index contributed by atoms with van der Waals surface area (Å²) in [4.78, 5) is 42.4. The van der Waals surface area contributed by atoms with Gasteiger partial charge in [-0.15, -0.1) is 0 Å². The smallest absolute Gasteiger partial charge is 0.328 e. The highest BCUT2D eigenvalue weighted by atomic mass is 16.4. The molecule has 0 radical (unpaired) electrons. The zero-order valence-corrected chi connectivity index (χ0v) is 28.7. The minimum Gasteiger partial charge on any atom is -0.478 e. The average molecular weight is 679 g/mol. The van der Waals surface area contributed by atoms with Crippen LogP contribution >= 0.6 is 0 Å². The number of carbonyl (C=O) groups excluding carboxylic acids is 2. The fourth-order valence-corrected chi connectivity index (χ4v) is 9.17. The largest absolute Gasteiger partial charge is 0.478 e. The molecule has 9 N–H and O–H groups in total. The molecule has 10 heteroatoms. The molecule has 6 rings (SSSR count). The summed E-state index contributed by atoms with van der Waals surface area (Å²) in [6.07, 6.45) is 15.5. The van der Waals surface area contributed by atoms with Gasteiger partial charge in [-0.25, -0.2) is 9.79 Å². The van der Waals surface area contributed by atoms with E-state index in [0.717, 1.165) is 67.9 Å². The van der Waals surface area contributed by atoms with Crippen molar-refractivity contribution in [2.75, 3.05) is 11.9 Å². The fourth-order valence-electron chi connectivity index (χ4n) is 9.17. The second-order valence-corrected chi connectivity index (χ2v) is 14.6. The van der Waals surface area contributed by atoms with E-state index >= 15 is 0 Å². The summed E-state index contributed by atoms with van der Waals surface area (Å²) in [5.41, 5.74) is 22.5. The van der Waals surface area contributed by atoms with Crippen LogP contribution in [-0.4, -0.2) is 53.2 Å². The Morgan fingerprint density at radius 3 is 2.60 bits per heavy atom. The van der Waals surface area contributed by atoms with Crippen molar-refractivity contribution in [3.8, 4) is 0 Å². The monoisotopic (exact) mass is 678 g/mol. The number of aromatic nitrogens is 1. The lowest BCUT2D eigenvalue weighted by atomic mass is 9.48. The highest BCUT2D eigenvalue weighted by Crippen LogP contribution is 2.62. The molecule has 3 aromatic rings. The van der Waals surface area contributed by atoms with Gasteiger partial charge in [0.15, 0.2) is 5.96 Å². The number of hydrogen-bond acceptors (Lipinski definition) is 6. The molecule has 1 heterocycles. The number of rotatable bonds is 16. The highest BCUT2D eigenvalue weighted by molar-refractivity contribution is 5.86. The van der Waals surface area contributed by atoms with E-state index in [4.69, 9.17) is 17.2 Å². The van der Waals surface area contributed by atoms with Gasteiger partial charge in [0.05, 0.1) is 12.6 Å². The maximum absolute atomic E-state index is 12.2. The van der Waals surface area contributed by atoms with Crippen LogP contribution in [0.4, 0.5) is 5.82 Å². The lowest BCUT2D eigenvalue weighted by Gasteiger charge is -2.56. The third-order valence-corrected chi connectivity index (χ3v) is 11.4. The first-order chi connectivity index (χ1) is 24.2. The number of nitrogens with one attached hydrogen (secondary N) is 2. The molecule has 1 aromatic heterocycles. The first-order valence-electron chi connectivity index (χ1n) is 17.9. The molecule has 1 fully saturated rings. The number of carbonyl (C=O) groups is 3.